The summed E-state index contributed by atoms with van der Waals surface area (Å²) >= 11 is 0. The lowest BCUT2D eigenvalue weighted by Gasteiger charge is -2.16. The van der Waals surface area contributed by atoms with Crippen molar-refractivity contribution in [3.05, 3.63) is 69.8 Å². The summed E-state index contributed by atoms with van der Waals surface area (Å²) in [7, 11) is 1.51. The van der Waals surface area contributed by atoms with Crippen molar-refractivity contribution in [3.8, 4) is 5.75 Å². The van der Waals surface area contributed by atoms with Gasteiger partial charge in [0.1, 0.15) is 11.9 Å². The van der Waals surface area contributed by atoms with Gasteiger partial charge in [0.05, 0.1) is 4.92 Å². The normalized spacial score (nSPS) is 11.9. The standard InChI is InChI=1S/C15H15NO5/c1-20-10-21-14-5-3-2-4-13(14)15(17)11-6-8-12(9-7-11)16(18)19/h2-9,15,17H,10H2,1H3. The van der Waals surface area contributed by atoms with Crippen molar-refractivity contribution < 1.29 is 19.5 Å². The Bertz CT molecular complexity index is 612. The quantitative estimate of drug-likeness (QED) is 0.502. The Morgan fingerprint density at radius 3 is 2.48 bits per heavy atom. The van der Waals surface area contributed by atoms with Gasteiger partial charge in [-0.3, -0.25) is 10.1 Å². The van der Waals surface area contributed by atoms with Crippen LogP contribution >= 0.6 is 0 Å². The van der Waals surface area contributed by atoms with Gasteiger partial charge in [-0.25, -0.2) is 0 Å². The highest BCUT2D eigenvalue weighted by molar-refractivity contribution is 5.42. The number of hydrogen-bond donors (Lipinski definition) is 1. The van der Waals surface area contributed by atoms with Crippen LogP contribution in [0.2, 0.25) is 0 Å². The molecule has 0 amide bonds. The van der Waals surface area contributed by atoms with Crippen LogP contribution in [0.3, 0.4) is 0 Å². The monoisotopic (exact) mass is 289 g/mol. The van der Waals surface area contributed by atoms with Gasteiger partial charge in [-0.05, 0) is 23.8 Å². The molecular formula is C15H15NO5. The number of nitrogens with zero attached hydrogens (tertiary/aromatic N) is 1. The third kappa shape index (κ3) is 3.56. The van der Waals surface area contributed by atoms with Crippen LogP contribution in [0.1, 0.15) is 17.2 Å². The maximum Gasteiger partial charge on any atom is 0.269 e. The summed E-state index contributed by atoms with van der Waals surface area (Å²) < 4.78 is 10.2. The molecule has 6 nitrogen and oxygen atoms in total. The summed E-state index contributed by atoms with van der Waals surface area (Å²) in [5, 5.41) is 21.0. The highest BCUT2D eigenvalue weighted by atomic mass is 16.7. The van der Waals surface area contributed by atoms with Gasteiger partial charge in [0.2, 0.25) is 0 Å². The third-order valence-corrected chi connectivity index (χ3v) is 2.97. The Hall–Kier alpha value is -2.44. The van der Waals surface area contributed by atoms with E-state index in [1.165, 1.54) is 31.4 Å². The summed E-state index contributed by atoms with van der Waals surface area (Å²) in [4.78, 5) is 10.2. The molecule has 21 heavy (non-hydrogen) atoms. The summed E-state index contributed by atoms with van der Waals surface area (Å²) in [5.74, 6) is 0.505. The van der Waals surface area contributed by atoms with Gasteiger partial charge in [0.25, 0.3) is 5.69 Å². The van der Waals surface area contributed by atoms with Crippen LogP contribution in [0, 0.1) is 10.1 Å². The fourth-order valence-electron chi connectivity index (χ4n) is 1.92. The van der Waals surface area contributed by atoms with Crippen molar-refractivity contribution >= 4 is 5.69 Å². The molecule has 0 radical (unpaired) electrons. The fourth-order valence-corrected chi connectivity index (χ4v) is 1.92. The van der Waals surface area contributed by atoms with Crippen LogP contribution in [0.4, 0.5) is 5.69 Å². The molecule has 0 bridgehead atoms. The van der Waals surface area contributed by atoms with Crippen LogP contribution in [-0.4, -0.2) is 23.9 Å². The average molecular weight is 289 g/mol. The van der Waals surface area contributed by atoms with Crippen LogP contribution in [-0.2, 0) is 4.74 Å². The van der Waals surface area contributed by atoms with Gasteiger partial charge in [-0.1, -0.05) is 18.2 Å². The van der Waals surface area contributed by atoms with Crippen LogP contribution in [0.15, 0.2) is 48.5 Å². The molecule has 0 saturated carbocycles. The van der Waals surface area contributed by atoms with E-state index in [1.54, 1.807) is 24.3 Å². The number of para-hydroxylation sites is 1. The molecule has 110 valence electrons. The third-order valence-electron chi connectivity index (χ3n) is 2.97. The van der Waals surface area contributed by atoms with E-state index in [1.807, 2.05) is 0 Å². The van der Waals surface area contributed by atoms with Gasteiger partial charge in [0.15, 0.2) is 6.79 Å². The van der Waals surface area contributed by atoms with E-state index in [9.17, 15) is 15.2 Å². The Morgan fingerprint density at radius 1 is 1.19 bits per heavy atom. The van der Waals surface area contributed by atoms with E-state index >= 15 is 0 Å². The minimum Gasteiger partial charge on any atom is -0.467 e. The molecule has 0 saturated heterocycles. The highest BCUT2D eigenvalue weighted by Crippen LogP contribution is 2.30. The maximum absolute atomic E-state index is 10.6. The average Bonchev–Trinajstić information content (AvgIpc) is 2.52. The molecule has 0 aliphatic heterocycles. The first-order chi connectivity index (χ1) is 10.1. The largest absolute Gasteiger partial charge is 0.467 e. The number of rotatable bonds is 6. The molecule has 0 aliphatic rings. The zero-order chi connectivity index (χ0) is 15.2. The molecule has 0 spiro atoms. The molecule has 0 fully saturated rings. The van der Waals surface area contributed by atoms with E-state index in [0.29, 0.717) is 16.9 Å². The summed E-state index contributed by atoms with van der Waals surface area (Å²) in [6.07, 6.45) is -0.932. The lowest BCUT2D eigenvalue weighted by Crippen LogP contribution is -2.06. The number of hydrogen-bond acceptors (Lipinski definition) is 5. The topological polar surface area (TPSA) is 81.8 Å². The van der Waals surface area contributed by atoms with Gasteiger partial charge in [0, 0.05) is 24.8 Å². The first kappa shape index (κ1) is 15.0. The first-order valence-corrected chi connectivity index (χ1v) is 6.26. The van der Waals surface area contributed by atoms with E-state index in [0.717, 1.165) is 0 Å². The van der Waals surface area contributed by atoms with Gasteiger partial charge < -0.3 is 14.6 Å². The number of benzene rings is 2. The first-order valence-electron chi connectivity index (χ1n) is 6.26. The number of nitro benzene ring substituents is 1. The summed E-state index contributed by atoms with van der Waals surface area (Å²) in [6, 6.07) is 12.8. The molecular weight excluding hydrogens is 274 g/mol. The molecule has 0 aliphatic carbocycles. The number of aliphatic hydroxyl groups excluding tert-OH is 1. The Labute approximate surface area is 121 Å². The van der Waals surface area contributed by atoms with Gasteiger partial charge >= 0.3 is 0 Å². The second kappa shape index (κ2) is 6.83. The lowest BCUT2D eigenvalue weighted by molar-refractivity contribution is -0.384. The minimum absolute atomic E-state index is 0.0186. The Morgan fingerprint density at radius 2 is 1.86 bits per heavy atom. The van der Waals surface area contributed by atoms with E-state index in [4.69, 9.17) is 9.47 Å². The minimum atomic E-state index is -0.932. The zero-order valence-electron chi connectivity index (χ0n) is 11.4. The molecule has 2 aromatic carbocycles. The van der Waals surface area contributed by atoms with Crippen molar-refractivity contribution in [2.75, 3.05) is 13.9 Å². The second-order valence-corrected chi connectivity index (χ2v) is 4.34. The smallest absolute Gasteiger partial charge is 0.269 e. The van der Waals surface area contributed by atoms with Gasteiger partial charge in [-0.15, -0.1) is 0 Å². The van der Waals surface area contributed by atoms with E-state index in [-0.39, 0.29) is 12.5 Å². The second-order valence-electron chi connectivity index (χ2n) is 4.34. The van der Waals surface area contributed by atoms with Crippen molar-refractivity contribution in [1.82, 2.24) is 0 Å². The number of aliphatic hydroxyl groups is 1. The van der Waals surface area contributed by atoms with Crippen molar-refractivity contribution in [2.24, 2.45) is 0 Å². The predicted molar refractivity (Wildman–Crippen MR) is 76.1 cm³/mol. The molecule has 6 heteroatoms. The number of nitro groups is 1. The van der Waals surface area contributed by atoms with Crippen molar-refractivity contribution in [2.45, 2.75) is 6.10 Å². The molecule has 2 rings (SSSR count). The van der Waals surface area contributed by atoms with Gasteiger partial charge in [-0.2, -0.15) is 0 Å². The highest BCUT2D eigenvalue weighted by Gasteiger charge is 2.16. The molecule has 0 aromatic heterocycles. The number of ether oxygens (including phenoxy) is 2. The van der Waals surface area contributed by atoms with Crippen molar-refractivity contribution in [1.29, 1.82) is 0 Å². The number of methoxy groups -OCH3 is 1. The van der Waals surface area contributed by atoms with Crippen molar-refractivity contribution in [3.63, 3.8) is 0 Å². The molecule has 0 heterocycles. The summed E-state index contributed by atoms with van der Waals surface area (Å²) in [5.41, 5.74) is 1.10. The SMILES string of the molecule is COCOc1ccccc1C(O)c1ccc([N+](=O)[O-])cc1. The molecule has 1 unspecified atom stereocenters. The fraction of sp³-hybridized carbons (Fsp3) is 0.200. The molecule has 1 N–H and O–H groups in total. The van der Waals surface area contributed by atoms with Crippen LogP contribution in [0.25, 0.3) is 0 Å². The Kier molecular flexibility index (Phi) is 4.86. The van der Waals surface area contributed by atoms with Crippen LogP contribution in [0.5, 0.6) is 5.75 Å². The van der Waals surface area contributed by atoms with E-state index < -0.39 is 11.0 Å². The van der Waals surface area contributed by atoms with Crippen LogP contribution < -0.4 is 4.74 Å². The number of non-ortho nitro benzene ring substituents is 1. The van der Waals surface area contributed by atoms with E-state index in [2.05, 4.69) is 0 Å². The molecule has 2 aromatic rings. The maximum atomic E-state index is 10.6. The Balaban J connectivity index is 2.26. The molecule has 1 atom stereocenters. The predicted octanol–water partition coefficient (Wildman–Crippen LogP) is 2.66. The lowest BCUT2D eigenvalue weighted by atomic mass is 10.0. The zero-order valence-corrected chi connectivity index (χ0v) is 11.4. The summed E-state index contributed by atoms with van der Waals surface area (Å²) in [6.45, 7) is 0.0734.